The number of esters is 1. The molecule has 1 aliphatic rings. The summed E-state index contributed by atoms with van der Waals surface area (Å²) < 4.78 is 22.7. The molecule has 8 nitrogen and oxygen atoms in total. The lowest BCUT2D eigenvalue weighted by Gasteiger charge is -2.22. The normalized spacial score (nSPS) is 16.4. The van der Waals surface area contributed by atoms with E-state index in [1.54, 1.807) is 0 Å². The minimum absolute atomic E-state index is 0.104. The average molecular weight is 570 g/mol. The van der Waals surface area contributed by atoms with Crippen LogP contribution in [0, 0.1) is 12.8 Å². The van der Waals surface area contributed by atoms with Gasteiger partial charge in [0.1, 0.15) is 0 Å². The Morgan fingerprint density at radius 1 is 0.850 bits per heavy atom. The van der Waals surface area contributed by atoms with Gasteiger partial charge in [-0.3, -0.25) is 9.69 Å². The highest BCUT2D eigenvalue weighted by molar-refractivity contribution is 5.69. The molecule has 235 valence electrons. The lowest BCUT2D eigenvalue weighted by atomic mass is 10.1. The molecule has 2 atom stereocenters. The van der Waals surface area contributed by atoms with Crippen LogP contribution in [0.2, 0.25) is 0 Å². The molecular formula is C32H61N2O6. The molecule has 1 fully saturated rings. The van der Waals surface area contributed by atoms with Crippen LogP contribution in [0.25, 0.3) is 0 Å². The highest BCUT2D eigenvalue weighted by atomic mass is 16.7. The molecule has 0 aromatic heterocycles. The van der Waals surface area contributed by atoms with Crippen molar-refractivity contribution in [2.45, 2.75) is 136 Å². The van der Waals surface area contributed by atoms with E-state index in [2.05, 4.69) is 37.9 Å². The highest BCUT2D eigenvalue weighted by Crippen LogP contribution is 2.16. The molecule has 1 amide bonds. The monoisotopic (exact) mass is 569 g/mol. The summed E-state index contributed by atoms with van der Waals surface area (Å²) in [5.74, 6) is -0.632. The number of likely N-dealkylation sites (N-methyl/N-ethyl adjacent to an activating group) is 1. The Balaban J connectivity index is 2.23. The maximum atomic E-state index is 12.4. The van der Waals surface area contributed by atoms with Crippen LogP contribution in [0.3, 0.4) is 0 Å². The number of hydrogen-bond acceptors (Lipinski definition) is 7. The van der Waals surface area contributed by atoms with E-state index in [-0.39, 0.29) is 37.8 Å². The van der Waals surface area contributed by atoms with E-state index in [1.165, 1.54) is 57.8 Å². The standard InChI is InChI=1S/C32H61N2O6/c1-5-8-10-12-14-16-23-37-31(38-24-17-15-13-11-9-6-2)21-20-30(35)39-26-28(4)27-40-32(36)33-25-29-19-18-22-34(29)7-3/h28-29,31H,4-27H2,1-3H3,(H,33,36). The second kappa shape index (κ2) is 25.3. The van der Waals surface area contributed by atoms with Crippen molar-refractivity contribution >= 4 is 12.1 Å². The van der Waals surface area contributed by atoms with Gasteiger partial charge in [0, 0.05) is 38.1 Å². The zero-order valence-corrected chi connectivity index (χ0v) is 26.1. The van der Waals surface area contributed by atoms with Gasteiger partial charge in [-0.25, -0.2) is 4.79 Å². The third-order valence-corrected chi connectivity index (χ3v) is 7.50. The maximum Gasteiger partial charge on any atom is 0.407 e. The Hall–Kier alpha value is -1.38. The molecular weight excluding hydrogens is 508 g/mol. The van der Waals surface area contributed by atoms with Crippen molar-refractivity contribution in [1.82, 2.24) is 10.2 Å². The fourth-order valence-corrected chi connectivity index (χ4v) is 4.96. The van der Waals surface area contributed by atoms with E-state index in [1.807, 2.05) is 0 Å². The van der Waals surface area contributed by atoms with Gasteiger partial charge in [-0.05, 0) is 45.7 Å². The molecule has 1 N–H and O–H groups in total. The van der Waals surface area contributed by atoms with Crippen molar-refractivity contribution < 1.29 is 28.5 Å². The van der Waals surface area contributed by atoms with Gasteiger partial charge in [0.2, 0.25) is 0 Å². The number of carbonyl (C=O) groups excluding carboxylic acids is 2. The molecule has 1 aliphatic heterocycles. The number of hydrogen-bond donors (Lipinski definition) is 1. The molecule has 1 saturated heterocycles. The van der Waals surface area contributed by atoms with Crippen LogP contribution in [0.15, 0.2) is 0 Å². The number of ether oxygens (including phenoxy) is 4. The Kier molecular flexibility index (Phi) is 23.2. The van der Waals surface area contributed by atoms with Gasteiger partial charge in [0.05, 0.1) is 19.6 Å². The Labute approximate surface area is 245 Å². The van der Waals surface area contributed by atoms with Crippen LogP contribution >= 0.6 is 0 Å². The lowest BCUT2D eigenvalue weighted by molar-refractivity contribution is -0.160. The first-order chi connectivity index (χ1) is 19.5. The summed E-state index contributed by atoms with van der Waals surface area (Å²) in [6.07, 6.45) is 16.6. The number of carbonyl (C=O) groups is 2. The second-order valence-electron chi connectivity index (χ2n) is 11.2. The van der Waals surface area contributed by atoms with Crippen LogP contribution in [0.4, 0.5) is 4.79 Å². The van der Waals surface area contributed by atoms with E-state index >= 15 is 0 Å². The zero-order chi connectivity index (χ0) is 29.3. The minimum atomic E-state index is -0.448. The fourth-order valence-electron chi connectivity index (χ4n) is 4.96. The van der Waals surface area contributed by atoms with Crippen LogP contribution in [0.1, 0.15) is 124 Å². The zero-order valence-electron chi connectivity index (χ0n) is 26.1. The molecule has 1 heterocycles. The number of rotatable bonds is 26. The lowest BCUT2D eigenvalue weighted by Crippen LogP contribution is -2.40. The summed E-state index contributed by atoms with van der Waals surface area (Å²) in [5.41, 5.74) is 0. The summed E-state index contributed by atoms with van der Waals surface area (Å²) in [6.45, 7) is 14.7. The molecule has 0 spiro atoms. The first kappa shape index (κ1) is 36.6. The largest absolute Gasteiger partial charge is 0.465 e. The average Bonchev–Trinajstić information content (AvgIpc) is 3.42. The number of likely N-dealkylation sites (tertiary alicyclic amines) is 1. The smallest absolute Gasteiger partial charge is 0.407 e. The van der Waals surface area contributed by atoms with Gasteiger partial charge >= 0.3 is 12.1 Å². The number of alkyl carbamates (subject to hydrolysis) is 1. The van der Waals surface area contributed by atoms with Crippen molar-refractivity contribution in [3.63, 3.8) is 0 Å². The fraction of sp³-hybridized carbons (Fsp3) is 0.906. The second-order valence-corrected chi connectivity index (χ2v) is 11.2. The van der Waals surface area contributed by atoms with Crippen molar-refractivity contribution in [3.05, 3.63) is 6.92 Å². The first-order valence-corrected chi connectivity index (χ1v) is 16.4. The van der Waals surface area contributed by atoms with Gasteiger partial charge in [-0.1, -0.05) is 85.0 Å². The van der Waals surface area contributed by atoms with Crippen molar-refractivity contribution in [2.24, 2.45) is 5.92 Å². The van der Waals surface area contributed by atoms with Crippen molar-refractivity contribution in [3.8, 4) is 0 Å². The predicted molar refractivity (Wildman–Crippen MR) is 161 cm³/mol. The summed E-state index contributed by atoms with van der Waals surface area (Å²) in [5, 5.41) is 2.84. The molecule has 1 radical (unpaired) electrons. The summed E-state index contributed by atoms with van der Waals surface area (Å²) in [4.78, 5) is 26.8. The number of amides is 1. The highest BCUT2D eigenvalue weighted by Gasteiger charge is 2.23. The van der Waals surface area contributed by atoms with Crippen LogP contribution < -0.4 is 5.32 Å². The van der Waals surface area contributed by atoms with Crippen molar-refractivity contribution in [2.75, 3.05) is 46.1 Å². The number of unbranched alkanes of at least 4 members (excludes halogenated alkanes) is 10. The third-order valence-electron chi connectivity index (χ3n) is 7.50. The van der Waals surface area contributed by atoms with Crippen molar-refractivity contribution in [1.29, 1.82) is 0 Å². The number of nitrogens with one attached hydrogen (secondary N) is 1. The predicted octanol–water partition coefficient (Wildman–Crippen LogP) is 7.05. The van der Waals surface area contributed by atoms with Gasteiger partial charge in [-0.15, -0.1) is 0 Å². The molecule has 40 heavy (non-hydrogen) atoms. The molecule has 0 aliphatic carbocycles. The Morgan fingerprint density at radius 2 is 1.43 bits per heavy atom. The first-order valence-electron chi connectivity index (χ1n) is 16.4. The Morgan fingerprint density at radius 3 is 2.02 bits per heavy atom. The van der Waals surface area contributed by atoms with Crippen LogP contribution in [-0.4, -0.2) is 75.4 Å². The molecule has 0 aromatic rings. The topological polar surface area (TPSA) is 86.3 Å². The maximum absolute atomic E-state index is 12.4. The molecule has 0 saturated carbocycles. The number of nitrogens with zero attached hydrogens (tertiary/aromatic N) is 1. The van der Waals surface area contributed by atoms with Gasteiger partial charge < -0.3 is 24.3 Å². The van der Waals surface area contributed by atoms with E-state index in [0.29, 0.717) is 32.2 Å². The SMILES string of the molecule is [CH2]C(COC(=O)CCC(OCCCCCCCC)OCCCCCCCC)COC(=O)NCC1CCCN1CC. The third kappa shape index (κ3) is 19.7. The quantitative estimate of drug-likeness (QED) is 0.0678. The van der Waals surface area contributed by atoms with Gasteiger partial charge in [0.25, 0.3) is 0 Å². The van der Waals surface area contributed by atoms with E-state index < -0.39 is 6.09 Å². The minimum Gasteiger partial charge on any atom is -0.465 e. The Bertz CT molecular complexity index is 602. The van der Waals surface area contributed by atoms with Gasteiger partial charge in [0.15, 0.2) is 6.29 Å². The molecule has 0 aromatic carbocycles. The van der Waals surface area contributed by atoms with E-state index in [4.69, 9.17) is 18.9 Å². The molecule has 0 bridgehead atoms. The molecule has 2 unspecified atom stereocenters. The van der Waals surface area contributed by atoms with Crippen LogP contribution in [0.5, 0.6) is 0 Å². The summed E-state index contributed by atoms with van der Waals surface area (Å²) in [6, 6.07) is 0.377. The summed E-state index contributed by atoms with van der Waals surface area (Å²) in [7, 11) is 0. The van der Waals surface area contributed by atoms with E-state index in [0.717, 1.165) is 45.2 Å². The van der Waals surface area contributed by atoms with Crippen LogP contribution in [-0.2, 0) is 23.7 Å². The molecule has 8 heteroatoms. The molecule has 1 rings (SSSR count). The summed E-state index contributed by atoms with van der Waals surface area (Å²) >= 11 is 0. The van der Waals surface area contributed by atoms with E-state index in [9.17, 15) is 9.59 Å². The van der Waals surface area contributed by atoms with Gasteiger partial charge in [-0.2, -0.15) is 0 Å².